The largest absolute Gasteiger partial charge is 0.510 e. The number of likely N-dealkylation sites (N-methyl/N-ethyl adjacent to an activating group) is 1. The van der Waals surface area contributed by atoms with Gasteiger partial charge in [-0.05, 0) is 44.7 Å². The first kappa shape index (κ1) is 27.8. The van der Waals surface area contributed by atoms with Crippen molar-refractivity contribution in [1.29, 1.82) is 0 Å². The van der Waals surface area contributed by atoms with Crippen molar-refractivity contribution in [3.63, 3.8) is 0 Å². The van der Waals surface area contributed by atoms with Crippen LogP contribution in [0.25, 0.3) is 5.76 Å². The minimum Gasteiger partial charge on any atom is -0.510 e. The van der Waals surface area contributed by atoms with Crippen LogP contribution in [0.2, 0.25) is 0 Å². The summed E-state index contributed by atoms with van der Waals surface area (Å²) in [6.07, 6.45) is 0.0589. The van der Waals surface area contributed by atoms with Crippen molar-refractivity contribution >= 4 is 34.8 Å². The van der Waals surface area contributed by atoms with Gasteiger partial charge in [0.15, 0.2) is 17.3 Å². The number of nitrogens with one attached hydrogen (secondary N) is 1. The minimum atomic E-state index is -1.40. The number of anilines is 1. The van der Waals surface area contributed by atoms with E-state index in [-0.39, 0.29) is 59.8 Å². The molecule has 1 saturated carbocycles. The standard InChI is InChI=1S/C28H33FN4O7/c1-10(2)7-33-8-14-20(29)12-5-11-6-13-18(25(37)19(28(30)40)27(39)22(13)32(3)4)24(36)16(11)23(35)17(12)26(38)21(14)31-15(34)9-33/h10-11,13,18,22,35,38-39H,5-9H2,1-4H3,(H2,30,40)(H,31,34)/t11-,13?,18?,22-/m0/s1. The van der Waals surface area contributed by atoms with Crippen molar-refractivity contribution in [3.05, 3.63) is 39.4 Å². The Kier molecular flexibility index (Phi) is 6.74. The molecule has 4 atom stereocenters. The average Bonchev–Trinajstić information content (AvgIpc) is 2.99. The predicted molar refractivity (Wildman–Crippen MR) is 141 cm³/mol. The number of hydrogen-bond donors (Lipinski definition) is 5. The number of Topliss-reactive ketones (excluding diaryl/α,β-unsaturated/α-hetero) is 2. The summed E-state index contributed by atoms with van der Waals surface area (Å²) < 4.78 is 16.2. The topological polar surface area (TPSA) is 174 Å². The number of phenols is 1. The number of allylic oxidation sites excluding steroid dienone is 1. The number of aliphatic hydroxyl groups excluding tert-OH is 2. The summed E-state index contributed by atoms with van der Waals surface area (Å²) in [7, 11) is 3.25. The van der Waals surface area contributed by atoms with Gasteiger partial charge in [-0.2, -0.15) is 0 Å². The Labute approximate surface area is 230 Å². The van der Waals surface area contributed by atoms with Crippen molar-refractivity contribution < 1.29 is 38.9 Å². The fourth-order valence-electron chi connectivity index (χ4n) is 7.00. The molecule has 0 aromatic heterocycles. The molecular weight excluding hydrogens is 523 g/mol. The van der Waals surface area contributed by atoms with E-state index in [4.69, 9.17) is 5.73 Å². The first-order valence-electron chi connectivity index (χ1n) is 13.2. The molecule has 12 heteroatoms. The van der Waals surface area contributed by atoms with Crippen LogP contribution in [0.1, 0.15) is 37.0 Å². The number of primary amides is 1. The van der Waals surface area contributed by atoms with Crippen LogP contribution < -0.4 is 11.1 Å². The molecule has 11 nitrogen and oxygen atoms in total. The molecule has 40 heavy (non-hydrogen) atoms. The molecule has 0 saturated heterocycles. The first-order valence-corrected chi connectivity index (χ1v) is 13.2. The van der Waals surface area contributed by atoms with Gasteiger partial charge >= 0.3 is 0 Å². The molecule has 1 fully saturated rings. The SMILES string of the molecule is CC(C)CN1CC(=O)Nc2c(O)c3c(c(F)c2C1)C[C@H]1CC2C(C(=O)C(C(N)=O)=C(O)[C@H]2N(C)C)C(=O)C1=C3O. The molecule has 1 aliphatic heterocycles. The van der Waals surface area contributed by atoms with Gasteiger partial charge in [-0.15, -0.1) is 0 Å². The second kappa shape index (κ2) is 9.70. The fourth-order valence-corrected chi connectivity index (χ4v) is 7.00. The van der Waals surface area contributed by atoms with Crippen molar-refractivity contribution in [2.24, 2.45) is 29.4 Å². The van der Waals surface area contributed by atoms with Gasteiger partial charge in [0, 0.05) is 29.8 Å². The van der Waals surface area contributed by atoms with Crippen molar-refractivity contribution in [3.8, 4) is 5.75 Å². The van der Waals surface area contributed by atoms with Crippen LogP contribution in [-0.4, -0.2) is 81.7 Å². The van der Waals surface area contributed by atoms with E-state index in [2.05, 4.69) is 5.32 Å². The first-order chi connectivity index (χ1) is 18.7. The molecule has 4 aliphatic rings. The lowest BCUT2D eigenvalue weighted by Crippen LogP contribution is -2.55. The second-order valence-electron chi connectivity index (χ2n) is 11.8. The van der Waals surface area contributed by atoms with Crippen molar-refractivity contribution in [1.82, 2.24) is 9.80 Å². The minimum absolute atomic E-state index is 0.00974. The summed E-state index contributed by atoms with van der Waals surface area (Å²) in [4.78, 5) is 55.2. The normalized spacial score (nSPS) is 26.8. The molecule has 5 rings (SSSR count). The van der Waals surface area contributed by atoms with Crippen LogP contribution in [-0.2, 0) is 32.1 Å². The Morgan fingerprint density at radius 1 is 1.12 bits per heavy atom. The molecule has 1 heterocycles. The summed E-state index contributed by atoms with van der Waals surface area (Å²) in [6.45, 7) is 4.50. The van der Waals surface area contributed by atoms with Crippen LogP contribution in [0.5, 0.6) is 5.75 Å². The monoisotopic (exact) mass is 556 g/mol. The number of hydrogen-bond acceptors (Lipinski definition) is 9. The maximum absolute atomic E-state index is 16.2. The highest BCUT2D eigenvalue weighted by atomic mass is 19.1. The number of fused-ring (bicyclic) bond motifs is 4. The highest BCUT2D eigenvalue weighted by Gasteiger charge is 2.56. The summed E-state index contributed by atoms with van der Waals surface area (Å²) in [5.74, 6) is -8.45. The number of aromatic hydroxyl groups is 1. The smallest absolute Gasteiger partial charge is 0.255 e. The molecule has 3 aliphatic carbocycles. The third-order valence-electron chi connectivity index (χ3n) is 8.40. The van der Waals surface area contributed by atoms with E-state index in [1.54, 1.807) is 23.9 Å². The summed E-state index contributed by atoms with van der Waals surface area (Å²) in [6, 6.07) is -0.885. The van der Waals surface area contributed by atoms with Gasteiger partial charge < -0.3 is 26.4 Å². The zero-order valence-electron chi connectivity index (χ0n) is 22.7. The summed E-state index contributed by atoms with van der Waals surface area (Å²) in [5, 5.41) is 36.0. The highest BCUT2D eigenvalue weighted by molar-refractivity contribution is 6.28. The zero-order chi connectivity index (χ0) is 29.4. The maximum atomic E-state index is 16.2. The highest BCUT2D eigenvalue weighted by Crippen LogP contribution is 2.52. The number of benzene rings is 1. The van der Waals surface area contributed by atoms with Gasteiger partial charge in [0.25, 0.3) is 5.91 Å². The van der Waals surface area contributed by atoms with Gasteiger partial charge in [0.1, 0.15) is 22.9 Å². The number of nitrogens with zero attached hydrogens (tertiary/aromatic N) is 2. The van der Waals surface area contributed by atoms with E-state index in [9.17, 15) is 34.5 Å². The van der Waals surface area contributed by atoms with Gasteiger partial charge in [0.05, 0.1) is 29.8 Å². The Morgan fingerprint density at radius 2 is 1.80 bits per heavy atom. The molecule has 214 valence electrons. The van der Waals surface area contributed by atoms with E-state index in [0.717, 1.165) is 0 Å². The van der Waals surface area contributed by atoms with Crippen LogP contribution in [0, 0.1) is 29.5 Å². The lowest BCUT2D eigenvalue weighted by atomic mass is 9.59. The van der Waals surface area contributed by atoms with E-state index in [0.29, 0.717) is 6.54 Å². The molecule has 0 radical (unpaired) electrons. The number of ketones is 2. The van der Waals surface area contributed by atoms with Gasteiger partial charge in [-0.3, -0.25) is 29.0 Å². The van der Waals surface area contributed by atoms with Gasteiger partial charge in [0.2, 0.25) is 5.91 Å². The number of phenolic OH excluding ortho intramolecular Hbond substituents is 1. The number of rotatable bonds is 4. The summed E-state index contributed by atoms with van der Waals surface area (Å²) >= 11 is 0. The Balaban J connectivity index is 1.65. The van der Waals surface area contributed by atoms with Crippen molar-refractivity contribution in [2.75, 3.05) is 32.5 Å². The van der Waals surface area contributed by atoms with Gasteiger partial charge in [-0.25, -0.2) is 4.39 Å². The van der Waals surface area contributed by atoms with E-state index < -0.39 is 75.8 Å². The van der Waals surface area contributed by atoms with Crippen LogP contribution in [0.4, 0.5) is 10.1 Å². The number of aliphatic hydroxyl groups is 2. The second-order valence-corrected chi connectivity index (χ2v) is 11.8. The van der Waals surface area contributed by atoms with E-state index >= 15 is 4.39 Å². The zero-order valence-corrected chi connectivity index (χ0v) is 22.7. The quantitative estimate of drug-likeness (QED) is 0.209. The molecule has 1 aromatic rings. The predicted octanol–water partition coefficient (Wildman–Crippen LogP) is 1.40. The molecule has 1 aromatic carbocycles. The molecule has 6 N–H and O–H groups in total. The number of amides is 2. The van der Waals surface area contributed by atoms with E-state index in [1.165, 1.54) is 0 Å². The Bertz CT molecular complexity index is 1430. The Hall–Kier alpha value is -3.77. The Morgan fingerprint density at radius 3 is 2.40 bits per heavy atom. The molecule has 2 amide bonds. The molecule has 0 bridgehead atoms. The maximum Gasteiger partial charge on any atom is 0.255 e. The fraction of sp³-hybridized carbons (Fsp3) is 0.500. The third kappa shape index (κ3) is 4.08. The molecule has 0 spiro atoms. The number of carbonyl (C=O) groups excluding carboxylic acids is 4. The van der Waals surface area contributed by atoms with Crippen LogP contribution in [0.15, 0.2) is 16.9 Å². The third-order valence-corrected chi connectivity index (χ3v) is 8.40. The summed E-state index contributed by atoms with van der Waals surface area (Å²) in [5.41, 5.74) is 4.21. The lowest BCUT2D eigenvalue weighted by molar-refractivity contribution is -0.136. The number of nitrogens with two attached hydrogens (primary N) is 1. The average molecular weight is 557 g/mol. The molecular formula is C28H33FN4O7. The lowest BCUT2D eigenvalue weighted by Gasteiger charge is -2.46. The molecule has 2 unspecified atom stereocenters. The number of carbonyl (C=O) groups is 4. The van der Waals surface area contributed by atoms with Gasteiger partial charge in [-0.1, -0.05) is 13.8 Å². The number of halogens is 1. The van der Waals surface area contributed by atoms with Crippen LogP contribution in [0.3, 0.4) is 0 Å². The van der Waals surface area contributed by atoms with E-state index in [1.807, 2.05) is 13.8 Å². The van der Waals surface area contributed by atoms with Crippen molar-refractivity contribution in [2.45, 2.75) is 39.3 Å². The van der Waals surface area contributed by atoms with Crippen LogP contribution >= 0.6 is 0 Å².